The van der Waals surface area contributed by atoms with Crippen LogP contribution < -0.4 is 10.1 Å². The molecule has 1 heterocycles. The summed E-state index contributed by atoms with van der Waals surface area (Å²) in [6.07, 6.45) is 8.06. The predicted molar refractivity (Wildman–Crippen MR) is 99.4 cm³/mol. The number of hydrogen-bond donors (Lipinski definition) is 1. The van der Waals surface area contributed by atoms with Gasteiger partial charge in [0.25, 0.3) is 5.91 Å². The lowest BCUT2D eigenvalue weighted by atomic mass is 10.1. The third kappa shape index (κ3) is 5.88. The molecule has 0 atom stereocenters. The Morgan fingerprint density at radius 3 is 2.52 bits per heavy atom. The van der Waals surface area contributed by atoms with E-state index >= 15 is 0 Å². The molecule has 6 heteroatoms. The second kappa shape index (κ2) is 9.80. The van der Waals surface area contributed by atoms with Crippen LogP contribution in [0.15, 0.2) is 47.1 Å². The number of rotatable bonds is 7. The number of esters is 1. The number of amides is 1. The van der Waals surface area contributed by atoms with Gasteiger partial charge < -0.3 is 19.2 Å². The number of hydrogen-bond acceptors (Lipinski definition) is 5. The molecule has 0 bridgehead atoms. The van der Waals surface area contributed by atoms with Crippen LogP contribution in [0.5, 0.6) is 5.75 Å². The number of carbonyl (C=O) groups excluding carboxylic acids is 2. The zero-order valence-electron chi connectivity index (χ0n) is 15.3. The summed E-state index contributed by atoms with van der Waals surface area (Å²) in [6.45, 7) is -0.131. The zero-order valence-corrected chi connectivity index (χ0v) is 15.3. The summed E-state index contributed by atoms with van der Waals surface area (Å²) < 4.78 is 16.0. The first-order valence-electron chi connectivity index (χ1n) is 9.43. The minimum absolute atomic E-state index is 0.0631. The van der Waals surface area contributed by atoms with E-state index in [9.17, 15) is 9.59 Å². The largest absolute Gasteiger partial charge is 0.489 e. The first-order valence-corrected chi connectivity index (χ1v) is 9.43. The molecule has 1 fully saturated rings. The van der Waals surface area contributed by atoms with Gasteiger partial charge in [0.15, 0.2) is 6.61 Å². The third-order valence-electron chi connectivity index (χ3n) is 4.62. The first-order chi connectivity index (χ1) is 13.2. The first kappa shape index (κ1) is 19.0. The Bertz CT molecular complexity index is 732. The summed E-state index contributed by atoms with van der Waals surface area (Å²) in [6, 6.07) is 11.1. The Balaban J connectivity index is 1.46. The number of benzene rings is 1. The number of carbonyl (C=O) groups is 2. The molecule has 0 spiro atoms. The van der Waals surface area contributed by atoms with Crippen LogP contribution in [0.25, 0.3) is 0 Å². The highest BCUT2D eigenvalue weighted by Gasteiger charge is 2.20. The monoisotopic (exact) mass is 371 g/mol. The highest BCUT2D eigenvalue weighted by Crippen LogP contribution is 2.18. The van der Waals surface area contributed by atoms with Crippen LogP contribution in [0.4, 0.5) is 0 Å². The van der Waals surface area contributed by atoms with E-state index in [0.29, 0.717) is 11.3 Å². The number of furan rings is 1. The molecule has 1 aromatic heterocycles. The lowest BCUT2D eigenvalue weighted by Gasteiger charge is -2.16. The normalized spacial score (nSPS) is 15.0. The standard InChI is InChI=1S/C21H25NO5/c23-19(22-17-8-4-1-2-5-9-17)15-27-21(24)20-16(12-13-25-20)14-26-18-10-6-3-7-11-18/h3,6-7,10-13,17H,1-2,4-5,8-9,14-15H2,(H,22,23). The van der Waals surface area contributed by atoms with Crippen molar-refractivity contribution in [1.82, 2.24) is 5.32 Å². The SMILES string of the molecule is O=C(COC(=O)c1occc1COc1ccccc1)NC1CCCCCC1. The fourth-order valence-corrected chi connectivity index (χ4v) is 3.20. The zero-order chi connectivity index (χ0) is 18.9. The van der Waals surface area contributed by atoms with E-state index in [1.165, 1.54) is 19.1 Å². The molecule has 0 saturated heterocycles. The molecule has 6 nitrogen and oxygen atoms in total. The molecule has 3 rings (SSSR count). The Kier molecular flexibility index (Phi) is 6.90. The van der Waals surface area contributed by atoms with Crippen molar-refractivity contribution in [2.24, 2.45) is 0 Å². The summed E-state index contributed by atoms with van der Waals surface area (Å²) in [4.78, 5) is 24.3. The second-order valence-electron chi connectivity index (χ2n) is 6.71. The molecule has 2 aromatic rings. The fraction of sp³-hybridized carbons (Fsp3) is 0.429. The molecule has 1 N–H and O–H groups in total. The molecule has 1 aromatic carbocycles. The molecule has 1 saturated carbocycles. The minimum atomic E-state index is -0.664. The maximum atomic E-state index is 12.2. The summed E-state index contributed by atoms with van der Waals surface area (Å²) in [5.41, 5.74) is 0.577. The predicted octanol–water partition coefficient (Wildman–Crippen LogP) is 3.85. The lowest BCUT2D eigenvalue weighted by Crippen LogP contribution is -2.37. The number of para-hydroxylation sites is 1. The van der Waals surface area contributed by atoms with Crippen molar-refractivity contribution in [2.45, 2.75) is 51.2 Å². The van der Waals surface area contributed by atoms with E-state index < -0.39 is 5.97 Å². The van der Waals surface area contributed by atoms with Gasteiger partial charge in [-0.3, -0.25) is 4.79 Å². The van der Waals surface area contributed by atoms with Gasteiger partial charge in [0.1, 0.15) is 12.4 Å². The van der Waals surface area contributed by atoms with Crippen molar-refractivity contribution in [3.05, 3.63) is 54.0 Å². The van der Waals surface area contributed by atoms with Crippen LogP contribution >= 0.6 is 0 Å². The van der Waals surface area contributed by atoms with Crippen LogP contribution in [-0.2, 0) is 16.1 Å². The van der Waals surface area contributed by atoms with Gasteiger partial charge in [-0.2, -0.15) is 0 Å². The molecule has 1 aliphatic rings. The van der Waals surface area contributed by atoms with E-state index in [0.717, 1.165) is 25.7 Å². The molecule has 27 heavy (non-hydrogen) atoms. The van der Waals surface area contributed by atoms with E-state index in [4.69, 9.17) is 13.9 Å². The van der Waals surface area contributed by atoms with Crippen LogP contribution in [0, 0.1) is 0 Å². The van der Waals surface area contributed by atoms with E-state index in [1.807, 2.05) is 30.3 Å². The molecule has 0 unspecified atom stereocenters. The number of ether oxygens (including phenoxy) is 2. The van der Waals surface area contributed by atoms with Crippen LogP contribution in [0.2, 0.25) is 0 Å². The minimum Gasteiger partial charge on any atom is -0.489 e. The molecular formula is C21H25NO5. The van der Waals surface area contributed by atoms with Gasteiger partial charge in [-0.05, 0) is 31.0 Å². The van der Waals surface area contributed by atoms with Crippen molar-refractivity contribution in [3.63, 3.8) is 0 Å². The average molecular weight is 371 g/mol. The summed E-state index contributed by atoms with van der Waals surface area (Å²) in [5, 5.41) is 2.95. The average Bonchev–Trinajstić information content (AvgIpc) is 3.02. The summed E-state index contributed by atoms with van der Waals surface area (Å²) >= 11 is 0. The highest BCUT2D eigenvalue weighted by atomic mass is 16.5. The van der Waals surface area contributed by atoms with Crippen LogP contribution in [0.3, 0.4) is 0 Å². The molecule has 1 aliphatic carbocycles. The lowest BCUT2D eigenvalue weighted by molar-refractivity contribution is -0.125. The van der Waals surface area contributed by atoms with Gasteiger partial charge in [-0.15, -0.1) is 0 Å². The number of nitrogens with one attached hydrogen (secondary N) is 1. The van der Waals surface area contributed by atoms with E-state index in [1.54, 1.807) is 6.07 Å². The van der Waals surface area contributed by atoms with Crippen molar-refractivity contribution in [3.8, 4) is 5.75 Å². The molecule has 0 aliphatic heterocycles. The van der Waals surface area contributed by atoms with Crippen molar-refractivity contribution < 1.29 is 23.5 Å². The maximum Gasteiger partial charge on any atom is 0.375 e. The van der Waals surface area contributed by atoms with Crippen LogP contribution in [-0.4, -0.2) is 24.5 Å². The van der Waals surface area contributed by atoms with Crippen molar-refractivity contribution in [1.29, 1.82) is 0 Å². The van der Waals surface area contributed by atoms with Gasteiger partial charge in [-0.25, -0.2) is 4.79 Å². The Morgan fingerprint density at radius 2 is 1.78 bits per heavy atom. The van der Waals surface area contributed by atoms with Gasteiger partial charge in [0.05, 0.1) is 6.26 Å². The quantitative estimate of drug-likeness (QED) is 0.591. The van der Waals surface area contributed by atoms with E-state index in [2.05, 4.69) is 5.32 Å². The topological polar surface area (TPSA) is 77.8 Å². The van der Waals surface area contributed by atoms with Gasteiger partial charge in [-0.1, -0.05) is 43.9 Å². The van der Waals surface area contributed by atoms with Crippen molar-refractivity contribution in [2.75, 3.05) is 6.61 Å². The molecule has 0 radical (unpaired) electrons. The molecule has 144 valence electrons. The Morgan fingerprint density at radius 1 is 1.04 bits per heavy atom. The van der Waals surface area contributed by atoms with Gasteiger partial charge in [0.2, 0.25) is 5.76 Å². The maximum absolute atomic E-state index is 12.2. The third-order valence-corrected chi connectivity index (χ3v) is 4.62. The van der Waals surface area contributed by atoms with E-state index in [-0.39, 0.29) is 30.9 Å². The van der Waals surface area contributed by atoms with Gasteiger partial charge in [0, 0.05) is 11.6 Å². The molecular weight excluding hydrogens is 346 g/mol. The Hall–Kier alpha value is -2.76. The molecule has 1 amide bonds. The highest BCUT2D eigenvalue weighted by molar-refractivity contribution is 5.90. The second-order valence-corrected chi connectivity index (χ2v) is 6.71. The Labute approximate surface area is 158 Å². The summed E-state index contributed by atoms with van der Waals surface area (Å²) in [7, 11) is 0. The fourth-order valence-electron chi connectivity index (χ4n) is 3.20. The summed E-state index contributed by atoms with van der Waals surface area (Å²) in [5.74, 6) is -0.180. The smallest absolute Gasteiger partial charge is 0.375 e. The van der Waals surface area contributed by atoms with Crippen molar-refractivity contribution >= 4 is 11.9 Å². The van der Waals surface area contributed by atoms with Crippen LogP contribution in [0.1, 0.15) is 54.6 Å². The van der Waals surface area contributed by atoms with Gasteiger partial charge >= 0.3 is 5.97 Å².